The number of rotatable bonds is 4. The number of hydrogen-bond donors (Lipinski definition) is 3. The van der Waals surface area contributed by atoms with Crippen LogP contribution in [0.15, 0.2) is 10.5 Å². The smallest absolute Gasteiger partial charge is 0.271 e. The van der Waals surface area contributed by atoms with Crippen molar-refractivity contribution in [3.63, 3.8) is 0 Å². The number of nitrogens with two attached hydrogens (primary N) is 1. The van der Waals surface area contributed by atoms with Crippen LogP contribution in [0.2, 0.25) is 5.02 Å². The number of phenols is 1. The normalized spacial score (nSPS) is 10.6. The summed E-state index contributed by atoms with van der Waals surface area (Å²) in [6.45, 7) is 2.10. The van der Waals surface area contributed by atoms with E-state index in [-0.39, 0.29) is 27.9 Å². The molecule has 1 heterocycles. The molecule has 106 valence electrons. The number of phenolic OH excluding ortho intramolecular Hbond substituents is 1. The lowest BCUT2D eigenvalue weighted by Crippen LogP contribution is -2.13. The highest BCUT2D eigenvalue weighted by Crippen LogP contribution is 2.45. The maximum absolute atomic E-state index is 11.3. The Balaban J connectivity index is 2.67. The minimum absolute atomic E-state index is 0.0325. The third kappa shape index (κ3) is 2.44. The van der Waals surface area contributed by atoms with E-state index >= 15 is 0 Å². The van der Waals surface area contributed by atoms with Crippen LogP contribution in [0.5, 0.6) is 11.5 Å². The average Bonchev–Trinajstić information content (AvgIpc) is 2.89. The van der Waals surface area contributed by atoms with Gasteiger partial charge in [-0.25, -0.2) is 0 Å². The highest BCUT2D eigenvalue weighted by atomic mass is 79.9. The molecule has 7 nitrogen and oxygen atoms in total. The monoisotopic (exact) mass is 360 g/mol. The van der Waals surface area contributed by atoms with Gasteiger partial charge in [-0.05, 0) is 28.9 Å². The van der Waals surface area contributed by atoms with Crippen LogP contribution in [0.4, 0.5) is 0 Å². The van der Waals surface area contributed by atoms with Crippen LogP contribution in [0.25, 0.3) is 11.3 Å². The number of primary amides is 1. The van der Waals surface area contributed by atoms with Crippen LogP contribution in [-0.4, -0.2) is 33.0 Å². The van der Waals surface area contributed by atoms with Crippen molar-refractivity contribution in [2.75, 3.05) is 6.61 Å². The number of carbonyl (C=O) groups excluding carboxylic acids is 1. The largest absolute Gasteiger partial charge is 0.503 e. The van der Waals surface area contributed by atoms with Crippen molar-refractivity contribution in [1.29, 1.82) is 0 Å². The lowest BCUT2D eigenvalue weighted by Gasteiger charge is -2.12. The van der Waals surface area contributed by atoms with Crippen LogP contribution in [-0.2, 0) is 0 Å². The zero-order valence-corrected chi connectivity index (χ0v) is 12.6. The topological polar surface area (TPSA) is 114 Å². The maximum Gasteiger partial charge on any atom is 0.271 e. The fourth-order valence-electron chi connectivity index (χ4n) is 1.62. The van der Waals surface area contributed by atoms with Gasteiger partial charge in [0.1, 0.15) is 10.7 Å². The molecular weight excluding hydrogens is 352 g/mol. The minimum Gasteiger partial charge on any atom is -0.503 e. The van der Waals surface area contributed by atoms with Crippen molar-refractivity contribution in [2.45, 2.75) is 6.92 Å². The number of aromatic amines is 1. The van der Waals surface area contributed by atoms with Crippen molar-refractivity contribution >= 4 is 33.4 Å². The molecule has 4 N–H and O–H groups in total. The molecule has 0 aliphatic rings. The highest BCUT2D eigenvalue weighted by Gasteiger charge is 2.22. The van der Waals surface area contributed by atoms with Crippen LogP contribution in [0, 0.1) is 0 Å². The SMILES string of the molecule is CCOc1cc(-c2n[nH]nc2C(N)=O)c(Br)c(Cl)c1O. The molecule has 0 aliphatic heterocycles. The Hall–Kier alpha value is -1.80. The van der Waals surface area contributed by atoms with Crippen LogP contribution in [0.1, 0.15) is 17.4 Å². The quantitative estimate of drug-likeness (QED) is 0.771. The van der Waals surface area contributed by atoms with Crippen molar-refractivity contribution in [3.8, 4) is 22.8 Å². The van der Waals surface area contributed by atoms with E-state index in [4.69, 9.17) is 22.1 Å². The predicted octanol–water partition coefficient (Wildman–Crippen LogP) is 2.09. The Labute approximate surface area is 127 Å². The van der Waals surface area contributed by atoms with Crippen LogP contribution in [0.3, 0.4) is 0 Å². The fourth-order valence-corrected chi connectivity index (χ4v) is 2.31. The standard InChI is InChI=1S/C11H10BrClN4O3/c1-2-20-5-3-4(6(12)7(13)10(5)18)8-9(11(14)19)16-17-15-8/h3,18H,2H2,1H3,(H2,14,19)(H,15,16,17). The van der Waals surface area contributed by atoms with Gasteiger partial charge in [0.25, 0.3) is 5.91 Å². The fraction of sp³-hybridized carbons (Fsp3) is 0.182. The van der Waals surface area contributed by atoms with Gasteiger partial charge < -0.3 is 15.6 Å². The molecule has 9 heteroatoms. The average molecular weight is 362 g/mol. The first-order valence-corrected chi connectivity index (χ1v) is 6.69. The van der Waals surface area contributed by atoms with E-state index in [1.807, 2.05) is 0 Å². The number of nitrogens with zero attached hydrogens (tertiary/aromatic N) is 2. The summed E-state index contributed by atoms with van der Waals surface area (Å²) in [5.74, 6) is -0.759. The summed E-state index contributed by atoms with van der Waals surface area (Å²) < 4.78 is 5.64. The van der Waals surface area contributed by atoms with Gasteiger partial charge >= 0.3 is 0 Å². The number of ether oxygens (including phenoxy) is 1. The number of amides is 1. The van der Waals surface area contributed by atoms with Crippen molar-refractivity contribution in [1.82, 2.24) is 15.4 Å². The Kier molecular flexibility index (Phi) is 4.15. The molecule has 0 aliphatic carbocycles. The van der Waals surface area contributed by atoms with E-state index in [2.05, 4.69) is 31.3 Å². The molecule has 20 heavy (non-hydrogen) atoms. The first-order chi connectivity index (χ1) is 9.47. The summed E-state index contributed by atoms with van der Waals surface area (Å²) in [6.07, 6.45) is 0. The number of aromatic hydroxyl groups is 1. The van der Waals surface area contributed by atoms with Gasteiger partial charge in [-0.1, -0.05) is 11.6 Å². The molecule has 1 aromatic carbocycles. The highest BCUT2D eigenvalue weighted by molar-refractivity contribution is 9.10. The van der Waals surface area contributed by atoms with Crippen molar-refractivity contribution in [2.24, 2.45) is 5.73 Å². The number of H-pyrrole nitrogens is 1. The van der Waals surface area contributed by atoms with Gasteiger partial charge in [-0.3, -0.25) is 4.79 Å². The zero-order valence-electron chi connectivity index (χ0n) is 10.3. The summed E-state index contributed by atoms with van der Waals surface area (Å²) >= 11 is 9.26. The summed E-state index contributed by atoms with van der Waals surface area (Å²) in [5.41, 5.74) is 5.83. The van der Waals surface area contributed by atoms with E-state index in [0.29, 0.717) is 16.6 Å². The third-order valence-corrected chi connectivity index (χ3v) is 3.90. The van der Waals surface area contributed by atoms with Crippen molar-refractivity contribution in [3.05, 3.63) is 21.3 Å². The lowest BCUT2D eigenvalue weighted by atomic mass is 10.1. The molecule has 2 aromatic rings. The minimum atomic E-state index is -0.734. The first kappa shape index (κ1) is 14.6. The van der Waals surface area contributed by atoms with Gasteiger partial charge in [0.05, 0.1) is 6.61 Å². The molecule has 0 unspecified atom stereocenters. The van der Waals surface area contributed by atoms with E-state index in [9.17, 15) is 9.90 Å². The Morgan fingerprint density at radius 2 is 2.30 bits per heavy atom. The molecule has 0 radical (unpaired) electrons. The van der Waals surface area contributed by atoms with Gasteiger partial charge in [0.2, 0.25) is 0 Å². The second kappa shape index (κ2) is 5.68. The molecule has 2 rings (SSSR count). The van der Waals surface area contributed by atoms with E-state index in [1.54, 1.807) is 6.92 Å². The number of carbonyl (C=O) groups is 1. The Morgan fingerprint density at radius 3 is 2.90 bits per heavy atom. The number of nitrogens with one attached hydrogen (secondary N) is 1. The van der Waals surface area contributed by atoms with Crippen molar-refractivity contribution < 1.29 is 14.6 Å². The summed E-state index contributed by atoms with van der Waals surface area (Å²) in [4.78, 5) is 11.3. The van der Waals surface area contributed by atoms with E-state index in [1.165, 1.54) is 6.07 Å². The molecular formula is C11H10BrClN4O3. The molecule has 1 aromatic heterocycles. The van der Waals surface area contributed by atoms with E-state index < -0.39 is 5.91 Å². The van der Waals surface area contributed by atoms with Gasteiger partial charge in [-0.15, -0.1) is 0 Å². The Morgan fingerprint density at radius 1 is 1.60 bits per heavy atom. The summed E-state index contributed by atoms with van der Waals surface area (Å²) in [7, 11) is 0. The second-order valence-electron chi connectivity index (χ2n) is 3.72. The number of benzene rings is 1. The maximum atomic E-state index is 11.3. The molecule has 0 saturated heterocycles. The molecule has 0 bridgehead atoms. The summed E-state index contributed by atoms with van der Waals surface area (Å²) in [6, 6.07) is 1.50. The predicted molar refractivity (Wildman–Crippen MR) is 75.9 cm³/mol. The molecule has 0 spiro atoms. The van der Waals surface area contributed by atoms with E-state index in [0.717, 1.165) is 0 Å². The van der Waals surface area contributed by atoms with Crippen LogP contribution >= 0.6 is 27.5 Å². The van der Waals surface area contributed by atoms with Crippen LogP contribution < -0.4 is 10.5 Å². The lowest BCUT2D eigenvalue weighted by molar-refractivity contribution is 0.0996. The second-order valence-corrected chi connectivity index (χ2v) is 4.89. The Bertz CT molecular complexity index is 674. The molecule has 1 amide bonds. The number of aromatic nitrogens is 3. The number of halogens is 2. The molecule has 0 saturated carbocycles. The number of hydrogen-bond acceptors (Lipinski definition) is 5. The van der Waals surface area contributed by atoms with Gasteiger partial charge in [-0.2, -0.15) is 15.4 Å². The third-order valence-electron chi connectivity index (χ3n) is 2.48. The first-order valence-electron chi connectivity index (χ1n) is 5.52. The molecule has 0 fully saturated rings. The zero-order chi connectivity index (χ0) is 14.9. The van der Waals surface area contributed by atoms with Gasteiger partial charge in [0.15, 0.2) is 17.2 Å². The summed E-state index contributed by atoms with van der Waals surface area (Å²) in [5, 5.41) is 19.8. The molecule has 0 atom stereocenters. The van der Waals surface area contributed by atoms with Gasteiger partial charge in [0, 0.05) is 10.0 Å².